The number of thiocarbonyl (C=S) groups is 1. The molecule has 2 unspecified atom stereocenters. The molecular formula is C21H20N4O3S. The molecule has 1 aromatic carbocycles. The summed E-state index contributed by atoms with van der Waals surface area (Å²) >= 11 is 5.58. The molecule has 1 saturated heterocycles. The molecule has 0 aliphatic carbocycles. The number of pyridine rings is 1. The Hall–Kier alpha value is -3.26. The molecule has 0 saturated carbocycles. The van der Waals surface area contributed by atoms with Gasteiger partial charge in [-0.25, -0.2) is 0 Å². The molecule has 8 heteroatoms. The van der Waals surface area contributed by atoms with Crippen LogP contribution in [0.2, 0.25) is 0 Å². The molecule has 0 spiro atoms. The summed E-state index contributed by atoms with van der Waals surface area (Å²) in [4.78, 5) is 17.6. The van der Waals surface area contributed by atoms with E-state index < -0.39 is 4.92 Å². The summed E-state index contributed by atoms with van der Waals surface area (Å²) in [6.45, 7) is 4.13. The van der Waals surface area contributed by atoms with E-state index in [-0.39, 0.29) is 23.8 Å². The van der Waals surface area contributed by atoms with Crippen LogP contribution in [0.15, 0.2) is 65.2 Å². The minimum atomic E-state index is -0.402. The largest absolute Gasteiger partial charge is 0.459 e. The number of aromatic nitrogens is 1. The number of para-hydroxylation sites is 1. The number of rotatable bonds is 5. The first-order chi connectivity index (χ1) is 14.0. The van der Waals surface area contributed by atoms with Crippen LogP contribution in [-0.4, -0.2) is 26.0 Å². The van der Waals surface area contributed by atoms with E-state index in [4.69, 9.17) is 16.6 Å². The Kier molecular flexibility index (Phi) is 5.02. The Labute approximate surface area is 173 Å². The molecule has 0 radical (unpaired) electrons. The van der Waals surface area contributed by atoms with E-state index in [0.29, 0.717) is 22.2 Å². The molecule has 2 atom stereocenters. The van der Waals surface area contributed by atoms with Gasteiger partial charge in [0, 0.05) is 18.3 Å². The van der Waals surface area contributed by atoms with Gasteiger partial charge in [-0.05, 0) is 56.4 Å². The molecule has 7 nitrogen and oxygen atoms in total. The van der Waals surface area contributed by atoms with Gasteiger partial charge in [-0.1, -0.05) is 18.2 Å². The molecule has 148 valence electrons. The summed E-state index contributed by atoms with van der Waals surface area (Å²) in [5.41, 5.74) is 1.31. The highest BCUT2D eigenvalue weighted by Crippen LogP contribution is 2.42. The SMILES string of the molecule is CC(C)N1C(=S)NC(c2ccccn2)C1c1ccc(-c2ccccc2[N+](=O)[O-])o1. The van der Waals surface area contributed by atoms with Crippen molar-refractivity contribution in [3.8, 4) is 11.3 Å². The van der Waals surface area contributed by atoms with Gasteiger partial charge in [-0.2, -0.15) is 0 Å². The Morgan fingerprint density at radius 3 is 2.62 bits per heavy atom. The van der Waals surface area contributed by atoms with E-state index in [1.54, 1.807) is 30.5 Å². The fourth-order valence-electron chi connectivity index (χ4n) is 3.72. The van der Waals surface area contributed by atoms with Gasteiger partial charge in [0.05, 0.1) is 22.2 Å². The molecule has 3 heterocycles. The summed E-state index contributed by atoms with van der Waals surface area (Å²) in [7, 11) is 0. The van der Waals surface area contributed by atoms with Crippen LogP contribution in [0, 0.1) is 10.1 Å². The van der Waals surface area contributed by atoms with Crippen molar-refractivity contribution in [3.63, 3.8) is 0 Å². The summed E-state index contributed by atoms with van der Waals surface area (Å²) in [5.74, 6) is 1.13. The maximum atomic E-state index is 11.4. The molecule has 1 fully saturated rings. The van der Waals surface area contributed by atoms with E-state index in [1.165, 1.54) is 6.07 Å². The second-order valence-corrected chi connectivity index (χ2v) is 7.49. The molecule has 1 aliphatic rings. The average Bonchev–Trinajstić information content (AvgIpc) is 3.33. The molecule has 4 rings (SSSR count). The molecule has 1 aliphatic heterocycles. The van der Waals surface area contributed by atoms with Crippen LogP contribution in [-0.2, 0) is 0 Å². The molecule has 0 amide bonds. The van der Waals surface area contributed by atoms with Crippen LogP contribution in [0.3, 0.4) is 0 Å². The highest BCUT2D eigenvalue weighted by molar-refractivity contribution is 7.80. The maximum absolute atomic E-state index is 11.4. The lowest BCUT2D eigenvalue weighted by Crippen LogP contribution is -2.35. The minimum Gasteiger partial charge on any atom is -0.459 e. The second-order valence-electron chi connectivity index (χ2n) is 7.10. The second kappa shape index (κ2) is 7.63. The highest BCUT2D eigenvalue weighted by Gasteiger charge is 2.42. The normalized spacial score (nSPS) is 18.9. The van der Waals surface area contributed by atoms with Crippen LogP contribution in [0.25, 0.3) is 11.3 Å². The first-order valence-corrected chi connectivity index (χ1v) is 9.71. The zero-order valence-corrected chi connectivity index (χ0v) is 16.8. The standard InChI is InChI=1S/C21H20N4O3S/c1-13(2)24-20(19(23-21(24)29)15-8-5-6-12-22-15)18-11-10-17(28-18)14-7-3-4-9-16(14)25(26)27/h3-13,19-20H,1-2H3,(H,23,29). The number of nitrogens with zero attached hydrogens (tertiary/aromatic N) is 3. The molecule has 3 aromatic rings. The van der Waals surface area contributed by atoms with Crippen molar-refractivity contribution in [2.24, 2.45) is 0 Å². The fourth-order valence-corrected chi connectivity index (χ4v) is 4.18. The van der Waals surface area contributed by atoms with E-state index >= 15 is 0 Å². The van der Waals surface area contributed by atoms with Crippen molar-refractivity contribution in [2.45, 2.75) is 32.0 Å². The molecular weight excluding hydrogens is 388 g/mol. The zero-order valence-electron chi connectivity index (χ0n) is 16.0. The van der Waals surface area contributed by atoms with Crippen molar-refractivity contribution < 1.29 is 9.34 Å². The molecule has 29 heavy (non-hydrogen) atoms. The van der Waals surface area contributed by atoms with E-state index in [1.807, 2.05) is 24.3 Å². The Morgan fingerprint density at radius 1 is 1.17 bits per heavy atom. The Bertz CT molecular complexity index is 1050. The van der Waals surface area contributed by atoms with Gasteiger partial charge in [0.25, 0.3) is 5.69 Å². The average molecular weight is 408 g/mol. The molecule has 0 bridgehead atoms. The summed E-state index contributed by atoms with van der Waals surface area (Å²) in [6.07, 6.45) is 1.75. The van der Waals surface area contributed by atoms with Crippen LogP contribution >= 0.6 is 12.2 Å². The number of hydrogen-bond acceptors (Lipinski definition) is 5. The third-order valence-corrected chi connectivity index (χ3v) is 5.30. The monoisotopic (exact) mass is 408 g/mol. The Morgan fingerprint density at radius 2 is 1.93 bits per heavy atom. The number of benzene rings is 1. The zero-order chi connectivity index (χ0) is 20.5. The van der Waals surface area contributed by atoms with E-state index in [0.717, 1.165) is 5.69 Å². The summed E-state index contributed by atoms with van der Waals surface area (Å²) < 4.78 is 6.15. The number of nitrogens with one attached hydrogen (secondary N) is 1. The predicted octanol–water partition coefficient (Wildman–Crippen LogP) is 4.63. The Balaban J connectivity index is 1.78. The summed E-state index contributed by atoms with van der Waals surface area (Å²) in [5, 5.41) is 15.4. The van der Waals surface area contributed by atoms with Crippen molar-refractivity contribution in [1.82, 2.24) is 15.2 Å². The third-order valence-electron chi connectivity index (χ3n) is 4.98. The van der Waals surface area contributed by atoms with Gasteiger partial charge in [-0.3, -0.25) is 15.1 Å². The highest BCUT2D eigenvalue weighted by atomic mass is 32.1. The minimum absolute atomic E-state index is 0.00968. The molecule has 1 N–H and O–H groups in total. The maximum Gasteiger partial charge on any atom is 0.280 e. The van der Waals surface area contributed by atoms with Crippen LogP contribution < -0.4 is 5.32 Å². The van der Waals surface area contributed by atoms with Gasteiger partial charge in [0.1, 0.15) is 17.6 Å². The third kappa shape index (κ3) is 3.47. The van der Waals surface area contributed by atoms with E-state index in [2.05, 4.69) is 29.0 Å². The first kappa shape index (κ1) is 19.1. The number of hydrogen-bond donors (Lipinski definition) is 1. The van der Waals surface area contributed by atoms with Crippen molar-refractivity contribution >= 4 is 23.0 Å². The van der Waals surface area contributed by atoms with Gasteiger partial charge < -0.3 is 14.6 Å². The lowest BCUT2D eigenvalue weighted by molar-refractivity contribution is -0.384. The van der Waals surface area contributed by atoms with Crippen LogP contribution in [0.4, 0.5) is 5.69 Å². The lowest BCUT2D eigenvalue weighted by atomic mass is 10.0. The van der Waals surface area contributed by atoms with Crippen LogP contribution in [0.1, 0.15) is 37.4 Å². The first-order valence-electron chi connectivity index (χ1n) is 9.30. The summed E-state index contributed by atoms with van der Waals surface area (Å²) in [6, 6.07) is 15.7. The smallest absolute Gasteiger partial charge is 0.280 e. The van der Waals surface area contributed by atoms with E-state index in [9.17, 15) is 10.1 Å². The molecule has 2 aromatic heterocycles. The number of nitro groups is 1. The number of nitro benzene ring substituents is 1. The topological polar surface area (TPSA) is 84.4 Å². The number of furan rings is 1. The van der Waals surface area contributed by atoms with Gasteiger partial charge in [0.15, 0.2) is 5.11 Å². The van der Waals surface area contributed by atoms with Crippen molar-refractivity contribution in [1.29, 1.82) is 0 Å². The quantitative estimate of drug-likeness (QED) is 0.374. The van der Waals surface area contributed by atoms with Crippen molar-refractivity contribution in [3.05, 3.63) is 82.4 Å². The van der Waals surface area contributed by atoms with Crippen molar-refractivity contribution in [2.75, 3.05) is 0 Å². The van der Waals surface area contributed by atoms with Crippen LogP contribution in [0.5, 0.6) is 0 Å². The van der Waals surface area contributed by atoms with Gasteiger partial charge in [-0.15, -0.1) is 0 Å². The van der Waals surface area contributed by atoms with Gasteiger partial charge >= 0.3 is 0 Å². The lowest BCUT2D eigenvalue weighted by Gasteiger charge is -2.29. The predicted molar refractivity (Wildman–Crippen MR) is 113 cm³/mol. The fraction of sp³-hybridized carbons (Fsp3) is 0.238. The van der Waals surface area contributed by atoms with Gasteiger partial charge in [0.2, 0.25) is 0 Å².